The van der Waals surface area contributed by atoms with Gasteiger partial charge in [0.1, 0.15) is 11.4 Å². The Morgan fingerprint density at radius 1 is 1.22 bits per heavy atom. The number of pyridine rings is 1. The predicted molar refractivity (Wildman–Crippen MR) is 96.2 cm³/mol. The number of hydrogen-bond donors (Lipinski definition) is 1. The highest BCUT2D eigenvalue weighted by Gasteiger charge is 2.18. The van der Waals surface area contributed by atoms with Crippen molar-refractivity contribution in [3.63, 3.8) is 0 Å². The molecule has 23 heavy (non-hydrogen) atoms. The first-order chi connectivity index (χ1) is 11.1. The van der Waals surface area contributed by atoms with Crippen molar-refractivity contribution in [1.82, 2.24) is 4.98 Å². The van der Waals surface area contributed by atoms with Crippen molar-refractivity contribution in [2.75, 3.05) is 17.2 Å². The fourth-order valence-electron chi connectivity index (χ4n) is 3.20. The van der Waals surface area contributed by atoms with Gasteiger partial charge in [-0.1, -0.05) is 6.07 Å². The van der Waals surface area contributed by atoms with Crippen LogP contribution in [0, 0.1) is 6.92 Å². The number of rotatable bonds is 1. The molecule has 0 unspecified atom stereocenters. The van der Waals surface area contributed by atoms with E-state index in [-0.39, 0.29) is 5.43 Å². The van der Waals surface area contributed by atoms with E-state index in [1.54, 1.807) is 6.07 Å². The molecule has 0 spiro atoms. The van der Waals surface area contributed by atoms with E-state index in [4.69, 9.17) is 10.2 Å². The van der Waals surface area contributed by atoms with E-state index in [1.165, 1.54) is 29.9 Å². The average Bonchev–Trinajstić information content (AvgIpc) is 2.58. The van der Waals surface area contributed by atoms with Crippen LogP contribution in [0.2, 0.25) is 0 Å². The molecule has 0 saturated carbocycles. The van der Waals surface area contributed by atoms with Crippen molar-refractivity contribution in [3.05, 3.63) is 45.6 Å². The third kappa shape index (κ3) is 2.49. The highest BCUT2D eigenvalue weighted by atomic mass is 32.2. The number of anilines is 1. The molecule has 1 fully saturated rings. The van der Waals surface area contributed by atoms with Crippen molar-refractivity contribution >= 4 is 39.6 Å². The molecule has 3 heterocycles. The second-order valence-corrected chi connectivity index (χ2v) is 7.34. The zero-order chi connectivity index (χ0) is 16.0. The summed E-state index contributed by atoms with van der Waals surface area (Å²) in [5.74, 6) is 3.33. The number of aryl methyl sites for hydroxylation is 1. The Hall–Kier alpha value is -2.01. The Morgan fingerprint density at radius 2 is 2.00 bits per heavy atom. The van der Waals surface area contributed by atoms with Crippen LogP contribution in [-0.4, -0.2) is 16.5 Å². The largest absolute Gasteiger partial charge is 0.437 e. The molecule has 1 saturated heterocycles. The lowest BCUT2D eigenvalue weighted by Crippen LogP contribution is -2.10. The molecule has 1 aliphatic rings. The van der Waals surface area contributed by atoms with Crippen LogP contribution in [0.4, 0.5) is 5.82 Å². The summed E-state index contributed by atoms with van der Waals surface area (Å²) in [5, 5.41) is 1.14. The number of thioether (sulfide) groups is 1. The summed E-state index contributed by atoms with van der Waals surface area (Å²) in [6, 6.07) is 7.75. The SMILES string of the molecule is Cc1cc2c(=O)c3cc(C4CCSCC4)ccc3oc2nc1N. The first-order valence-corrected chi connectivity index (χ1v) is 9.00. The molecule has 0 amide bonds. The second-order valence-electron chi connectivity index (χ2n) is 6.12. The zero-order valence-corrected chi connectivity index (χ0v) is 13.8. The maximum Gasteiger partial charge on any atom is 0.232 e. The number of nitrogens with zero attached hydrogens (tertiary/aromatic N) is 1. The third-order valence-corrected chi connectivity index (χ3v) is 5.66. The molecule has 1 aromatic carbocycles. The second kappa shape index (κ2) is 5.57. The van der Waals surface area contributed by atoms with Crippen molar-refractivity contribution in [2.24, 2.45) is 0 Å². The Balaban J connectivity index is 1.93. The monoisotopic (exact) mass is 326 g/mol. The standard InChI is InChI=1S/C18H18N2O2S/c1-10-8-14-16(21)13-9-12(11-4-6-23-7-5-11)2-3-15(13)22-18(14)20-17(10)19/h2-3,8-9,11H,4-7H2,1H3,(H2,19,20). The first-order valence-electron chi connectivity index (χ1n) is 7.85. The van der Waals surface area contributed by atoms with Crippen LogP contribution >= 0.6 is 11.8 Å². The fraction of sp³-hybridized carbons (Fsp3) is 0.333. The van der Waals surface area contributed by atoms with E-state index >= 15 is 0 Å². The Morgan fingerprint density at radius 3 is 2.78 bits per heavy atom. The lowest BCUT2D eigenvalue weighted by molar-refractivity contribution is 0.632. The van der Waals surface area contributed by atoms with Gasteiger partial charge in [0.15, 0.2) is 0 Å². The maximum atomic E-state index is 12.8. The Labute approximate surface area is 138 Å². The topological polar surface area (TPSA) is 69.1 Å². The number of aromatic nitrogens is 1. The maximum absolute atomic E-state index is 12.8. The van der Waals surface area contributed by atoms with Gasteiger partial charge in [-0.05, 0) is 66.5 Å². The highest BCUT2D eigenvalue weighted by Crippen LogP contribution is 2.33. The fourth-order valence-corrected chi connectivity index (χ4v) is 4.31. The summed E-state index contributed by atoms with van der Waals surface area (Å²) >= 11 is 2.00. The van der Waals surface area contributed by atoms with Gasteiger partial charge < -0.3 is 10.2 Å². The van der Waals surface area contributed by atoms with Crippen LogP contribution in [-0.2, 0) is 0 Å². The van der Waals surface area contributed by atoms with Crippen LogP contribution in [0.25, 0.3) is 22.1 Å². The molecule has 5 heteroatoms. The molecule has 2 N–H and O–H groups in total. The van der Waals surface area contributed by atoms with Crippen molar-refractivity contribution in [2.45, 2.75) is 25.7 Å². The summed E-state index contributed by atoms with van der Waals surface area (Å²) in [6.07, 6.45) is 2.35. The summed E-state index contributed by atoms with van der Waals surface area (Å²) in [5.41, 5.74) is 8.73. The van der Waals surface area contributed by atoms with Gasteiger partial charge in [0.25, 0.3) is 0 Å². The number of nitrogen functional groups attached to an aromatic ring is 1. The molecule has 3 aromatic rings. The number of nitrogens with two attached hydrogens (primary N) is 1. The molecule has 4 nitrogen and oxygen atoms in total. The van der Waals surface area contributed by atoms with Gasteiger partial charge in [0.2, 0.25) is 11.1 Å². The normalized spacial score (nSPS) is 16.2. The van der Waals surface area contributed by atoms with Crippen LogP contribution in [0.15, 0.2) is 33.5 Å². The van der Waals surface area contributed by atoms with E-state index in [1.807, 2.05) is 30.8 Å². The van der Waals surface area contributed by atoms with E-state index in [9.17, 15) is 4.79 Å². The van der Waals surface area contributed by atoms with E-state index in [0.717, 1.165) is 5.56 Å². The molecule has 2 aromatic heterocycles. The predicted octanol–water partition coefficient (Wildman–Crippen LogP) is 3.84. The lowest BCUT2D eigenvalue weighted by Gasteiger charge is -2.21. The van der Waals surface area contributed by atoms with Gasteiger partial charge in [-0.3, -0.25) is 4.79 Å². The molecule has 0 radical (unpaired) electrons. The van der Waals surface area contributed by atoms with Crippen molar-refractivity contribution in [1.29, 1.82) is 0 Å². The highest BCUT2D eigenvalue weighted by molar-refractivity contribution is 7.99. The molecule has 0 aliphatic carbocycles. The minimum absolute atomic E-state index is 0.0242. The minimum atomic E-state index is -0.0242. The first kappa shape index (κ1) is 14.6. The minimum Gasteiger partial charge on any atom is -0.437 e. The summed E-state index contributed by atoms with van der Waals surface area (Å²) in [6.45, 7) is 1.85. The zero-order valence-electron chi connectivity index (χ0n) is 13.0. The van der Waals surface area contributed by atoms with Crippen LogP contribution < -0.4 is 11.2 Å². The molecular weight excluding hydrogens is 308 g/mol. The average molecular weight is 326 g/mol. The number of benzene rings is 1. The molecule has 0 atom stereocenters. The van der Waals surface area contributed by atoms with Gasteiger partial charge >= 0.3 is 0 Å². The quantitative estimate of drug-likeness (QED) is 0.688. The number of fused-ring (bicyclic) bond motifs is 2. The van der Waals surface area contributed by atoms with Gasteiger partial charge in [-0.2, -0.15) is 16.7 Å². The molecule has 4 rings (SSSR count). The summed E-state index contributed by atoms with van der Waals surface area (Å²) in [7, 11) is 0. The summed E-state index contributed by atoms with van der Waals surface area (Å²) < 4.78 is 5.81. The van der Waals surface area contributed by atoms with Gasteiger partial charge in [-0.25, -0.2) is 0 Å². The number of hydrogen-bond acceptors (Lipinski definition) is 5. The lowest BCUT2D eigenvalue weighted by atomic mass is 9.92. The van der Waals surface area contributed by atoms with Crippen LogP contribution in [0.3, 0.4) is 0 Å². The van der Waals surface area contributed by atoms with Gasteiger partial charge in [-0.15, -0.1) is 0 Å². The van der Waals surface area contributed by atoms with Gasteiger partial charge in [0.05, 0.1) is 10.8 Å². The van der Waals surface area contributed by atoms with Gasteiger partial charge in [0, 0.05) is 0 Å². The molecule has 1 aliphatic heterocycles. The van der Waals surface area contributed by atoms with Crippen LogP contribution in [0.1, 0.15) is 29.9 Å². The Kier molecular flexibility index (Phi) is 3.53. The van der Waals surface area contributed by atoms with Crippen molar-refractivity contribution in [3.8, 4) is 0 Å². The molecule has 0 bridgehead atoms. The van der Waals surface area contributed by atoms with E-state index < -0.39 is 0 Å². The molecular formula is C18H18N2O2S. The van der Waals surface area contributed by atoms with E-state index in [2.05, 4.69) is 11.1 Å². The molecule has 118 valence electrons. The third-order valence-electron chi connectivity index (χ3n) is 4.61. The smallest absolute Gasteiger partial charge is 0.232 e. The van der Waals surface area contributed by atoms with Crippen LogP contribution in [0.5, 0.6) is 0 Å². The Bertz CT molecular complexity index is 959. The van der Waals surface area contributed by atoms with Crippen molar-refractivity contribution < 1.29 is 4.42 Å². The van der Waals surface area contributed by atoms with E-state index in [0.29, 0.717) is 33.8 Å². The summed E-state index contributed by atoms with van der Waals surface area (Å²) in [4.78, 5) is 17.0.